The molecule has 4 bridgehead atoms. The third-order valence-electron chi connectivity index (χ3n) is 6.55. The Kier molecular flexibility index (Phi) is 3.57. The predicted octanol–water partition coefficient (Wildman–Crippen LogP) is 4.72. The summed E-state index contributed by atoms with van der Waals surface area (Å²) in [6, 6.07) is 9.90. The van der Waals surface area contributed by atoms with E-state index in [-0.39, 0.29) is 0 Å². The molecule has 5 rings (SSSR count). The minimum absolute atomic E-state index is 0.589. The van der Waals surface area contributed by atoms with Gasteiger partial charge in [0, 0.05) is 6.04 Å². The zero-order valence-corrected chi connectivity index (χ0v) is 13.5. The van der Waals surface area contributed by atoms with Crippen molar-refractivity contribution in [1.29, 1.82) is 0 Å². The zero-order valence-electron chi connectivity index (χ0n) is 13.5. The molecule has 1 heteroatoms. The third-order valence-corrected chi connectivity index (χ3v) is 6.55. The normalized spacial score (nSPS) is 38.7. The van der Waals surface area contributed by atoms with Gasteiger partial charge in [-0.25, -0.2) is 0 Å². The summed E-state index contributed by atoms with van der Waals surface area (Å²) in [6.45, 7) is 5.54. The predicted molar refractivity (Wildman–Crippen MR) is 88.1 cm³/mol. The summed E-state index contributed by atoms with van der Waals surface area (Å²) in [5.74, 6) is 5.02. The van der Waals surface area contributed by atoms with Crippen LogP contribution in [0.4, 0.5) is 0 Å². The van der Waals surface area contributed by atoms with Crippen LogP contribution in [0.3, 0.4) is 0 Å². The lowest BCUT2D eigenvalue weighted by atomic mass is 9.50. The van der Waals surface area contributed by atoms with E-state index in [1.165, 1.54) is 36.8 Å². The highest BCUT2D eigenvalue weighted by atomic mass is 14.9. The van der Waals surface area contributed by atoms with E-state index in [1.807, 2.05) is 0 Å². The molecule has 0 spiro atoms. The lowest BCUT2D eigenvalue weighted by molar-refractivity contribution is -0.0523. The molecular formula is C20H29N. The van der Waals surface area contributed by atoms with Crippen LogP contribution in [-0.2, 0) is 0 Å². The minimum atomic E-state index is 0.589. The van der Waals surface area contributed by atoms with Crippen LogP contribution in [0.2, 0.25) is 0 Å². The van der Waals surface area contributed by atoms with Crippen LogP contribution < -0.4 is 5.32 Å². The average molecular weight is 283 g/mol. The van der Waals surface area contributed by atoms with Gasteiger partial charge in [0.2, 0.25) is 0 Å². The van der Waals surface area contributed by atoms with Crippen molar-refractivity contribution in [3.63, 3.8) is 0 Å². The summed E-state index contributed by atoms with van der Waals surface area (Å²) in [7, 11) is 0. The quantitative estimate of drug-likeness (QED) is 0.843. The lowest BCUT2D eigenvalue weighted by Crippen LogP contribution is -2.49. The molecule has 0 heterocycles. The zero-order chi connectivity index (χ0) is 14.4. The Hall–Kier alpha value is -0.820. The van der Waals surface area contributed by atoms with E-state index < -0.39 is 0 Å². The topological polar surface area (TPSA) is 12.0 Å². The summed E-state index contributed by atoms with van der Waals surface area (Å²) < 4.78 is 0. The molecule has 1 unspecified atom stereocenters. The highest BCUT2D eigenvalue weighted by molar-refractivity contribution is 5.25. The maximum atomic E-state index is 3.85. The second-order valence-electron chi connectivity index (χ2n) is 7.95. The van der Waals surface area contributed by atoms with E-state index >= 15 is 0 Å². The molecular weight excluding hydrogens is 254 g/mol. The van der Waals surface area contributed by atoms with Crippen molar-refractivity contribution in [3.8, 4) is 0 Å². The molecule has 114 valence electrons. The van der Waals surface area contributed by atoms with Crippen molar-refractivity contribution >= 4 is 0 Å². The van der Waals surface area contributed by atoms with E-state index in [4.69, 9.17) is 0 Å². The van der Waals surface area contributed by atoms with Gasteiger partial charge < -0.3 is 5.32 Å². The van der Waals surface area contributed by atoms with Gasteiger partial charge in [-0.15, -0.1) is 0 Å². The number of rotatable bonds is 4. The minimum Gasteiger partial charge on any atom is -0.310 e. The van der Waals surface area contributed by atoms with Gasteiger partial charge >= 0.3 is 0 Å². The van der Waals surface area contributed by atoms with Crippen LogP contribution in [0.1, 0.15) is 56.2 Å². The molecule has 0 radical (unpaired) electrons. The Morgan fingerprint density at radius 3 is 2.05 bits per heavy atom. The molecule has 0 saturated heterocycles. The largest absolute Gasteiger partial charge is 0.310 e. The Morgan fingerprint density at radius 1 is 0.952 bits per heavy atom. The maximum absolute atomic E-state index is 3.85. The Balaban J connectivity index is 1.63. The second kappa shape index (κ2) is 5.43. The maximum Gasteiger partial charge on any atom is 0.0353 e. The van der Waals surface area contributed by atoms with Crippen molar-refractivity contribution in [2.24, 2.45) is 29.6 Å². The number of hydrogen-bond acceptors (Lipinski definition) is 1. The van der Waals surface area contributed by atoms with Gasteiger partial charge in [0.05, 0.1) is 0 Å². The molecule has 4 fully saturated rings. The van der Waals surface area contributed by atoms with Gasteiger partial charge in [-0.2, -0.15) is 0 Å². The van der Waals surface area contributed by atoms with Gasteiger partial charge in [-0.3, -0.25) is 0 Å². The molecule has 4 saturated carbocycles. The van der Waals surface area contributed by atoms with Crippen molar-refractivity contribution in [2.45, 2.75) is 52.0 Å². The molecule has 4 aliphatic rings. The van der Waals surface area contributed by atoms with E-state index in [0.29, 0.717) is 6.04 Å². The number of aryl methyl sites for hydroxylation is 1. The summed E-state index contributed by atoms with van der Waals surface area (Å²) >= 11 is 0. The lowest BCUT2D eigenvalue weighted by Gasteiger charge is -2.56. The first-order valence-corrected chi connectivity index (χ1v) is 9.04. The van der Waals surface area contributed by atoms with Gasteiger partial charge in [0.25, 0.3) is 0 Å². The van der Waals surface area contributed by atoms with Gasteiger partial charge in [0.15, 0.2) is 0 Å². The van der Waals surface area contributed by atoms with E-state index in [0.717, 1.165) is 36.1 Å². The number of nitrogens with one attached hydrogen (secondary N) is 1. The van der Waals surface area contributed by atoms with Crippen LogP contribution in [0.15, 0.2) is 24.3 Å². The van der Waals surface area contributed by atoms with Crippen LogP contribution in [0.5, 0.6) is 0 Å². The standard InChI is InChI=1S/C20H29N/c1-3-21-20(16-6-4-13(2)5-7-16)19-17-9-14-8-15(11-17)12-18(19)10-14/h4-7,14-15,17-21H,3,8-12H2,1-2H3. The monoisotopic (exact) mass is 283 g/mol. The fraction of sp³-hybridized carbons (Fsp3) is 0.700. The average Bonchev–Trinajstić information content (AvgIpc) is 2.46. The summed E-state index contributed by atoms with van der Waals surface area (Å²) in [6.07, 6.45) is 7.63. The summed E-state index contributed by atoms with van der Waals surface area (Å²) in [4.78, 5) is 0. The number of hydrogen-bond donors (Lipinski definition) is 1. The second-order valence-corrected chi connectivity index (χ2v) is 7.95. The van der Waals surface area contributed by atoms with Gasteiger partial charge in [-0.1, -0.05) is 36.8 Å². The van der Waals surface area contributed by atoms with Crippen molar-refractivity contribution in [2.75, 3.05) is 6.54 Å². The Morgan fingerprint density at radius 2 is 1.52 bits per heavy atom. The van der Waals surface area contributed by atoms with Crippen LogP contribution in [0.25, 0.3) is 0 Å². The van der Waals surface area contributed by atoms with Crippen molar-refractivity contribution in [3.05, 3.63) is 35.4 Å². The van der Waals surface area contributed by atoms with Crippen molar-refractivity contribution in [1.82, 2.24) is 5.32 Å². The third kappa shape index (κ3) is 2.44. The molecule has 4 aliphatic carbocycles. The number of benzene rings is 1. The van der Waals surface area contributed by atoms with Crippen LogP contribution in [0, 0.1) is 36.5 Å². The fourth-order valence-electron chi connectivity index (χ4n) is 5.98. The Bertz CT molecular complexity index is 461. The first kappa shape index (κ1) is 13.8. The van der Waals surface area contributed by atoms with Gasteiger partial charge in [-0.05, 0) is 80.7 Å². The molecule has 21 heavy (non-hydrogen) atoms. The first-order chi connectivity index (χ1) is 10.2. The SMILES string of the molecule is CCNC(c1ccc(C)cc1)C1C2CC3CC(C2)CC1C3. The molecule has 1 nitrogen and oxygen atoms in total. The molecule has 1 aromatic carbocycles. The highest BCUT2D eigenvalue weighted by Gasteiger charge is 2.50. The first-order valence-electron chi connectivity index (χ1n) is 9.04. The highest BCUT2D eigenvalue weighted by Crippen LogP contribution is 2.59. The molecule has 0 aromatic heterocycles. The van der Waals surface area contributed by atoms with Gasteiger partial charge in [0.1, 0.15) is 0 Å². The molecule has 1 aromatic rings. The Labute approximate surface area is 129 Å². The fourth-order valence-corrected chi connectivity index (χ4v) is 5.98. The van der Waals surface area contributed by atoms with Crippen LogP contribution in [-0.4, -0.2) is 6.54 Å². The smallest absolute Gasteiger partial charge is 0.0353 e. The van der Waals surface area contributed by atoms with E-state index in [2.05, 4.69) is 43.4 Å². The van der Waals surface area contributed by atoms with E-state index in [1.54, 1.807) is 6.42 Å². The molecule has 1 N–H and O–H groups in total. The van der Waals surface area contributed by atoms with Crippen molar-refractivity contribution < 1.29 is 0 Å². The molecule has 1 atom stereocenters. The summed E-state index contributed by atoms with van der Waals surface area (Å²) in [5, 5.41) is 3.85. The van der Waals surface area contributed by atoms with Crippen LogP contribution >= 0.6 is 0 Å². The molecule has 0 amide bonds. The summed E-state index contributed by atoms with van der Waals surface area (Å²) in [5.41, 5.74) is 2.90. The van der Waals surface area contributed by atoms with E-state index in [9.17, 15) is 0 Å². The molecule has 0 aliphatic heterocycles.